The highest BCUT2D eigenvalue weighted by atomic mass is 35.5. The maximum Gasteiger partial charge on any atom is 0.252 e. The van der Waals surface area contributed by atoms with E-state index in [1.807, 2.05) is 7.05 Å². The fourth-order valence-electron chi connectivity index (χ4n) is 1.52. The van der Waals surface area contributed by atoms with Crippen LogP contribution in [0.25, 0.3) is 0 Å². The van der Waals surface area contributed by atoms with Crippen molar-refractivity contribution in [3.8, 4) is 0 Å². The third-order valence-electron chi connectivity index (χ3n) is 2.65. The Kier molecular flexibility index (Phi) is 5.99. The second kappa shape index (κ2) is 7.26. The highest BCUT2D eigenvalue weighted by Gasteiger charge is 2.14. The molecule has 0 N–H and O–H groups in total. The summed E-state index contributed by atoms with van der Waals surface area (Å²) < 4.78 is 0. The highest BCUT2D eigenvalue weighted by Crippen LogP contribution is 2.08. The standard InChI is InChI=1S/C8H4Cl2O2.C5H9NO/c9-7(11)5-1-2-6(4-3-5)8(10)12;1-6-4-2-3-5(6)7/h1-4H;2-4H2,1H3. The van der Waals surface area contributed by atoms with Crippen molar-refractivity contribution < 1.29 is 14.4 Å². The average Bonchev–Trinajstić information content (AvgIpc) is 2.74. The van der Waals surface area contributed by atoms with Gasteiger partial charge >= 0.3 is 0 Å². The number of likely N-dealkylation sites (tertiary alicyclic amines) is 1. The molecule has 1 aromatic carbocycles. The van der Waals surface area contributed by atoms with Crippen molar-refractivity contribution in [3.05, 3.63) is 35.4 Å². The molecule has 0 spiro atoms. The second-order valence-corrected chi connectivity index (χ2v) is 4.73. The molecule has 19 heavy (non-hydrogen) atoms. The van der Waals surface area contributed by atoms with Crippen LogP contribution < -0.4 is 0 Å². The summed E-state index contributed by atoms with van der Waals surface area (Å²) in [4.78, 5) is 33.4. The van der Waals surface area contributed by atoms with E-state index in [9.17, 15) is 14.4 Å². The van der Waals surface area contributed by atoms with Gasteiger partial charge in [0, 0.05) is 31.1 Å². The molecule has 2 rings (SSSR count). The molecule has 1 saturated heterocycles. The summed E-state index contributed by atoms with van der Waals surface area (Å²) >= 11 is 10.4. The Morgan fingerprint density at radius 1 is 1.05 bits per heavy atom. The maximum absolute atomic E-state index is 10.6. The molecular formula is C13H13Cl2NO3. The lowest BCUT2D eigenvalue weighted by Crippen LogP contribution is -2.17. The van der Waals surface area contributed by atoms with Crippen molar-refractivity contribution >= 4 is 39.6 Å². The van der Waals surface area contributed by atoms with Gasteiger partial charge in [-0.2, -0.15) is 0 Å². The van der Waals surface area contributed by atoms with Crippen LogP contribution in [0.2, 0.25) is 0 Å². The van der Waals surface area contributed by atoms with Gasteiger partial charge < -0.3 is 4.90 Å². The zero-order valence-corrected chi connectivity index (χ0v) is 11.9. The van der Waals surface area contributed by atoms with Crippen LogP contribution in [0.3, 0.4) is 0 Å². The van der Waals surface area contributed by atoms with Crippen molar-refractivity contribution in [2.75, 3.05) is 13.6 Å². The third kappa shape index (κ3) is 5.01. The molecule has 0 aromatic heterocycles. The molecule has 0 unspecified atom stereocenters. The summed E-state index contributed by atoms with van der Waals surface area (Å²) in [6.45, 7) is 0.957. The molecule has 102 valence electrons. The van der Waals surface area contributed by atoms with Gasteiger partial charge in [-0.1, -0.05) is 0 Å². The Hall–Kier alpha value is -1.39. The molecule has 4 nitrogen and oxygen atoms in total. The van der Waals surface area contributed by atoms with Crippen molar-refractivity contribution in [3.63, 3.8) is 0 Å². The first-order chi connectivity index (χ1) is 8.91. The van der Waals surface area contributed by atoms with Crippen LogP contribution >= 0.6 is 23.2 Å². The minimum absolute atomic E-state index is 0.292. The van der Waals surface area contributed by atoms with E-state index in [-0.39, 0.29) is 0 Å². The summed E-state index contributed by atoms with van der Waals surface area (Å²) in [7, 11) is 1.84. The van der Waals surface area contributed by atoms with Crippen molar-refractivity contribution in [1.29, 1.82) is 0 Å². The molecule has 0 saturated carbocycles. The largest absolute Gasteiger partial charge is 0.346 e. The number of carbonyl (C=O) groups excluding carboxylic acids is 3. The maximum atomic E-state index is 10.6. The van der Waals surface area contributed by atoms with E-state index in [1.54, 1.807) is 4.90 Å². The Bertz CT molecular complexity index is 452. The van der Waals surface area contributed by atoms with Crippen LogP contribution in [-0.2, 0) is 4.79 Å². The molecule has 1 aliphatic rings. The van der Waals surface area contributed by atoms with Crippen LogP contribution in [0.1, 0.15) is 33.6 Å². The summed E-state index contributed by atoms with van der Waals surface area (Å²) in [5.74, 6) is 0.292. The first-order valence-electron chi connectivity index (χ1n) is 5.65. The van der Waals surface area contributed by atoms with E-state index in [0.717, 1.165) is 19.4 Å². The molecule has 1 fully saturated rings. The van der Waals surface area contributed by atoms with E-state index >= 15 is 0 Å². The number of hydrogen-bond donors (Lipinski definition) is 0. The number of carbonyl (C=O) groups is 3. The number of benzene rings is 1. The van der Waals surface area contributed by atoms with Crippen LogP contribution in [0, 0.1) is 0 Å². The number of amides is 1. The third-order valence-corrected chi connectivity index (χ3v) is 3.09. The normalized spacial score (nSPS) is 13.8. The minimum Gasteiger partial charge on any atom is -0.346 e. The summed E-state index contributed by atoms with van der Waals surface area (Å²) in [5.41, 5.74) is 0.691. The monoisotopic (exact) mass is 301 g/mol. The number of rotatable bonds is 2. The van der Waals surface area contributed by atoms with Crippen molar-refractivity contribution in [2.24, 2.45) is 0 Å². The molecule has 0 aliphatic carbocycles. The quantitative estimate of drug-likeness (QED) is 0.789. The highest BCUT2D eigenvalue weighted by molar-refractivity contribution is 6.68. The van der Waals surface area contributed by atoms with Crippen LogP contribution in [-0.4, -0.2) is 34.9 Å². The van der Waals surface area contributed by atoms with Gasteiger partial charge in [-0.25, -0.2) is 0 Å². The Morgan fingerprint density at radius 2 is 1.47 bits per heavy atom. The molecule has 1 aliphatic heterocycles. The summed E-state index contributed by atoms with van der Waals surface area (Å²) in [5, 5.41) is -1.10. The molecular weight excluding hydrogens is 289 g/mol. The molecule has 6 heteroatoms. The Labute approximate surface area is 121 Å². The lowest BCUT2D eigenvalue weighted by molar-refractivity contribution is -0.126. The van der Waals surface area contributed by atoms with E-state index in [0.29, 0.717) is 17.0 Å². The molecule has 0 radical (unpaired) electrons. The smallest absolute Gasteiger partial charge is 0.252 e. The number of nitrogens with zero attached hydrogens (tertiary/aromatic N) is 1. The van der Waals surface area contributed by atoms with E-state index in [1.165, 1.54) is 24.3 Å². The van der Waals surface area contributed by atoms with Crippen molar-refractivity contribution in [1.82, 2.24) is 4.90 Å². The van der Waals surface area contributed by atoms with Gasteiger partial charge in [0.15, 0.2) is 0 Å². The molecule has 0 bridgehead atoms. The number of halogens is 2. The van der Waals surface area contributed by atoms with Gasteiger partial charge in [-0.3, -0.25) is 14.4 Å². The zero-order chi connectivity index (χ0) is 14.4. The topological polar surface area (TPSA) is 54.5 Å². The summed E-state index contributed by atoms with van der Waals surface area (Å²) in [6.07, 6.45) is 1.81. The lowest BCUT2D eigenvalue weighted by Gasteiger charge is -2.03. The second-order valence-electron chi connectivity index (χ2n) is 4.04. The molecule has 1 amide bonds. The average molecular weight is 302 g/mol. The van der Waals surface area contributed by atoms with Gasteiger partial charge in [0.2, 0.25) is 5.91 Å². The van der Waals surface area contributed by atoms with Gasteiger partial charge in [0.05, 0.1) is 0 Å². The minimum atomic E-state index is -0.552. The van der Waals surface area contributed by atoms with E-state index in [4.69, 9.17) is 23.2 Å². The van der Waals surface area contributed by atoms with Crippen LogP contribution in [0.15, 0.2) is 24.3 Å². The fourth-order valence-corrected chi connectivity index (χ4v) is 1.77. The van der Waals surface area contributed by atoms with Crippen molar-refractivity contribution in [2.45, 2.75) is 12.8 Å². The van der Waals surface area contributed by atoms with Gasteiger partial charge in [0.1, 0.15) is 0 Å². The van der Waals surface area contributed by atoms with E-state index in [2.05, 4.69) is 0 Å². The van der Waals surface area contributed by atoms with Crippen LogP contribution in [0.4, 0.5) is 0 Å². The summed E-state index contributed by atoms with van der Waals surface area (Å²) in [6, 6.07) is 5.80. The molecule has 1 aromatic rings. The van der Waals surface area contributed by atoms with E-state index < -0.39 is 10.5 Å². The first kappa shape index (κ1) is 15.7. The predicted octanol–water partition coefficient (Wildman–Crippen LogP) is 2.68. The van der Waals surface area contributed by atoms with Gasteiger partial charge in [-0.15, -0.1) is 0 Å². The fraction of sp³-hybridized carbons (Fsp3) is 0.308. The van der Waals surface area contributed by atoms with Crippen LogP contribution in [0.5, 0.6) is 0 Å². The first-order valence-corrected chi connectivity index (χ1v) is 6.41. The SMILES string of the molecule is CN1CCCC1=O.O=C(Cl)c1ccc(C(=O)Cl)cc1. The number of hydrogen-bond acceptors (Lipinski definition) is 3. The van der Waals surface area contributed by atoms with Gasteiger partial charge in [-0.05, 0) is 53.9 Å². The predicted molar refractivity (Wildman–Crippen MR) is 73.7 cm³/mol. The Balaban J connectivity index is 0.000000218. The Morgan fingerprint density at radius 3 is 1.63 bits per heavy atom. The zero-order valence-electron chi connectivity index (χ0n) is 10.4. The lowest BCUT2D eigenvalue weighted by atomic mass is 10.2. The molecule has 1 heterocycles. The molecule has 0 atom stereocenters. The van der Waals surface area contributed by atoms with Gasteiger partial charge in [0.25, 0.3) is 10.5 Å².